The fourth-order valence-corrected chi connectivity index (χ4v) is 1.87. The average molecular weight is 232 g/mol. The quantitative estimate of drug-likeness (QED) is 0.855. The fourth-order valence-electron chi connectivity index (χ4n) is 1.87. The number of hydrogen-bond acceptors (Lipinski definition) is 4. The third-order valence-corrected chi connectivity index (χ3v) is 2.72. The lowest BCUT2D eigenvalue weighted by Crippen LogP contribution is -2.06. The summed E-state index contributed by atoms with van der Waals surface area (Å²) in [5.74, 6) is 0.561. The summed E-state index contributed by atoms with van der Waals surface area (Å²) in [6.07, 6.45) is 0.724. The minimum atomic E-state index is -0.574. The first kappa shape index (κ1) is 11.7. The van der Waals surface area contributed by atoms with E-state index in [1.165, 1.54) is 4.80 Å². The van der Waals surface area contributed by atoms with Crippen molar-refractivity contribution in [3.63, 3.8) is 0 Å². The molecule has 0 saturated carbocycles. The fraction of sp³-hybridized carbons (Fsp3) is 0.417. The molecule has 2 rings (SSSR count). The smallest absolute Gasteiger partial charge is 0.177 e. The van der Waals surface area contributed by atoms with E-state index >= 15 is 0 Å². The van der Waals surface area contributed by atoms with Gasteiger partial charge in [0, 0.05) is 6.42 Å². The van der Waals surface area contributed by atoms with Crippen LogP contribution in [0.5, 0.6) is 0 Å². The molecule has 90 valence electrons. The van der Waals surface area contributed by atoms with Crippen LogP contribution >= 0.6 is 0 Å². The van der Waals surface area contributed by atoms with E-state index in [2.05, 4.69) is 22.3 Å². The van der Waals surface area contributed by atoms with Gasteiger partial charge in [0.1, 0.15) is 0 Å². The summed E-state index contributed by atoms with van der Waals surface area (Å²) in [5.41, 5.74) is 2.10. The second-order valence-corrected chi connectivity index (χ2v) is 3.97. The maximum absolute atomic E-state index is 10.2. The molecule has 0 amide bonds. The van der Waals surface area contributed by atoms with E-state index in [1.54, 1.807) is 7.05 Å². The van der Waals surface area contributed by atoms with E-state index in [4.69, 9.17) is 0 Å². The molecule has 2 aromatic rings. The number of nitrogens with zero attached hydrogens (tertiary/aromatic N) is 4. The topological polar surface area (TPSA) is 63.8 Å². The highest BCUT2D eigenvalue weighted by atomic mass is 16.3. The van der Waals surface area contributed by atoms with E-state index < -0.39 is 6.10 Å². The van der Waals surface area contributed by atoms with Crippen LogP contribution in [0.2, 0.25) is 0 Å². The molecular weight excluding hydrogens is 216 g/mol. The molecule has 0 aliphatic heterocycles. The molecule has 0 aliphatic rings. The standard InChI is InChI=1S/C12H16N4O/c1-3-9-6-4-5-7-10(9)11(17)8-12-13-15-16(2)14-12/h4-7,11,17H,3,8H2,1-2H3. The first-order valence-corrected chi connectivity index (χ1v) is 5.69. The average Bonchev–Trinajstić information content (AvgIpc) is 2.74. The van der Waals surface area contributed by atoms with E-state index in [1.807, 2.05) is 24.3 Å². The molecule has 1 unspecified atom stereocenters. The summed E-state index contributed by atoms with van der Waals surface area (Å²) in [6.45, 7) is 2.08. The monoisotopic (exact) mass is 232 g/mol. The van der Waals surface area contributed by atoms with Gasteiger partial charge in [-0.05, 0) is 22.8 Å². The number of rotatable bonds is 4. The molecule has 5 heteroatoms. The highest BCUT2D eigenvalue weighted by Crippen LogP contribution is 2.20. The Morgan fingerprint density at radius 1 is 1.35 bits per heavy atom. The third kappa shape index (κ3) is 2.68. The molecule has 0 saturated heterocycles. The van der Waals surface area contributed by atoms with Crippen LogP contribution in [-0.2, 0) is 19.9 Å². The van der Waals surface area contributed by atoms with Gasteiger partial charge >= 0.3 is 0 Å². The van der Waals surface area contributed by atoms with Crippen molar-refractivity contribution in [2.75, 3.05) is 0 Å². The van der Waals surface area contributed by atoms with Gasteiger partial charge in [0.15, 0.2) is 5.82 Å². The van der Waals surface area contributed by atoms with Crippen LogP contribution in [0.1, 0.15) is 30.0 Å². The molecule has 1 N–H and O–H groups in total. The Bertz CT molecular complexity index is 495. The normalized spacial score (nSPS) is 12.6. The van der Waals surface area contributed by atoms with Gasteiger partial charge in [-0.25, -0.2) is 0 Å². The predicted octanol–water partition coefficient (Wildman–Crippen LogP) is 1.05. The Kier molecular flexibility index (Phi) is 3.49. The van der Waals surface area contributed by atoms with Crippen LogP contribution in [0.4, 0.5) is 0 Å². The first-order valence-electron chi connectivity index (χ1n) is 5.69. The SMILES string of the molecule is CCc1ccccc1C(O)Cc1nnn(C)n1. The summed E-state index contributed by atoms with van der Waals surface area (Å²) in [5, 5.41) is 21.9. The molecule has 1 aromatic heterocycles. The molecule has 1 aromatic carbocycles. The predicted molar refractivity (Wildman–Crippen MR) is 63.3 cm³/mol. The molecule has 1 atom stereocenters. The van der Waals surface area contributed by atoms with Crippen molar-refractivity contribution in [2.45, 2.75) is 25.9 Å². The van der Waals surface area contributed by atoms with Crippen LogP contribution in [-0.4, -0.2) is 25.3 Å². The van der Waals surface area contributed by atoms with Crippen LogP contribution in [0.3, 0.4) is 0 Å². The van der Waals surface area contributed by atoms with Gasteiger partial charge in [-0.3, -0.25) is 0 Å². The minimum Gasteiger partial charge on any atom is -0.388 e. The zero-order valence-electron chi connectivity index (χ0n) is 10.0. The number of hydrogen-bond donors (Lipinski definition) is 1. The van der Waals surface area contributed by atoms with E-state index in [0.717, 1.165) is 17.5 Å². The highest BCUT2D eigenvalue weighted by Gasteiger charge is 2.14. The number of tetrazole rings is 1. The van der Waals surface area contributed by atoms with Crippen LogP contribution < -0.4 is 0 Å². The molecule has 1 heterocycles. The maximum Gasteiger partial charge on any atom is 0.177 e. The zero-order valence-corrected chi connectivity index (χ0v) is 10.0. The number of aliphatic hydroxyl groups excluding tert-OH is 1. The lowest BCUT2D eigenvalue weighted by Gasteiger charge is -2.12. The van der Waals surface area contributed by atoms with Gasteiger partial charge in [0.05, 0.1) is 13.2 Å². The molecule has 0 bridgehead atoms. The van der Waals surface area contributed by atoms with Crippen molar-refractivity contribution >= 4 is 0 Å². The second-order valence-electron chi connectivity index (χ2n) is 3.97. The second kappa shape index (κ2) is 5.05. The van der Waals surface area contributed by atoms with Gasteiger partial charge in [-0.1, -0.05) is 31.2 Å². The molecule has 0 aliphatic carbocycles. The molecule has 0 spiro atoms. The molecule has 17 heavy (non-hydrogen) atoms. The van der Waals surface area contributed by atoms with Gasteiger partial charge in [0.25, 0.3) is 0 Å². The maximum atomic E-state index is 10.2. The van der Waals surface area contributed by atoms with Gasteiger partial charge in [0.2, 0.25) is 0 Å². The Labute approximate surface area is 100 Å². The highest BCUT2D eigenvalue weighted by molar-refractivity contribution is 5.29. The first-order chi connectivity index (χ1) is 8.20. The molecule has 0 fully saturated rings. The van der Waals surface area contributed by atoms with E-state index in [9.17, 15) is 5.11 Å². The summed E-state index contributed by atoms with van der Waals surface area (Å²) in [4.78, 5) is 1.40. The molecular formula is C12H16N4O. The Morgan fingerprint density at radius 3 is 2.76 bits per heavy atom. The summed E-state index contributed by atoms with van der Waals surface area (Å²) in [7, 11) is 1.71. The number of aryl methyl sites for hydroxylation is 2. The van der Waals surface area contributed by atoms with Crippen molar-refractivity contribution < 1.29 is 5.11 Å². The van der Waals surface area contributed by atoms with Crippen molar-refractivity contribution in [3.8, 4) is 0 Å². The summed E-state index contributed by atoms with van der Waals surface area (Å²) in [6, 6.07) is 7.89. The van der Waals surface area contributed by atoms with Crippen molar-refractivity contribution in [1.82, 2.24) is 20.2 Å². The van der Waals surface area contributed by atoms with E-state index in [0.29, 0.717) is 12.2 Å². The number of benzene rings is 1. The van der Waals surface area contributed by atoms with Gasteiger partial charge in [-0.15, -0.1) is 10.2 Å². The Balaban J connectivity index is 2.16. The zero-order chi connectivity index (χ0) is 12.3. The van der Waals surface area contributed by atoms with Crippen LogP contribution in [0.25, 0.3) is 0 Å². The summed E-state index contributed by atoms with van der Waals surface area (Å²) < 4.78 is 0. The molecule has 0 radical (unpaired) electrons. The van der Waals surface area contributed by atoms with Gasteiger partial charge < -0.3 is 5.11 Å². The third-order valence-electron chi connectivity index (χ3n) is 2.72. The van der Waals surface area contributed by atoms with Crippen molar-refractivity contribution in [3.05, 3.63) is 41.2 Å². The number of aliphatic hydroxyl groups is 1. The Hall–Kier alpha value is -1.75. The van der Waals surface area contributed by atoms with Crippen molar-refractivity contribution in [1.29, 1.82) is 0 Å². The van der Waals surface area contributed by atoms with Crippen molar-refractivity contribution in [2.24, 2.45) is 7.05 Å². The lowest BCUT2D eigenvalue weighted by molar-refractivity contribution is 0.174. The Morgan fingerprint density at radius 2 is 2.12 bits per heavy atom. The van der Waals surface area contributed by atoms with Crippen LogP contribution in [0, 0.1) is 0 Å². The minimum absolute atomic E-state index is 0.394. The summed E-state index contributed by atoms with van der Waals surface area (Å²) >= 11 is 0. The molecule has 5 nitrogen and oxygen atoms in total. The number of aromatic nitrogens is 4. The van der Waals surface area contributed by atoms with Gasteiger partial charge in [-0.2, -0.15) is 4.80 Å². The largest absolute Gasteiger partial charge is 0.388 e. The van der Waals surface area contributed by atoms with E-state index in [-0.39, 0.29) is 0 Å². The lowest BCUT2D eigenvalue weighted by atomic mass is 9.98. The van der Waals surface area contributed by atoms with Crippen LogP contribution in [0.15, 0.2) is 24.3 Å².